The summed E-state index contributed by atoms with van der Waals surface area (Å²) in [4.78, 5) is 2.23. The van der Waals surface area contributed by atoms with Gasteiger partial charge in [0.15, 0.2) is 0 Å². The van der Waals surface area contributed by atoms with Crippen LogP contribution in [0, 0.1) is 0 Å². The molecule has 3 unspecified atom stereocenters. The third-order valence-electron chi connectivity index (χ3n) is 3.55. The van der Waals surface area contributed by atoms with Crippen molar-refractivity contribution >= 4 is 11.6 Å². The number of rotatable bonds is 4. The first-order valence-electron chi connectivity index (χ1n) is 6.59. The Morgan fingerprint density at radius 1 is 1.47 bits per heavy atom. The van der Waals surface area contributed by atoms with Crippen LogP contribution in [0.15, 0.2) is 24.3 Å². The fourth-order valence-electron chi connectivity index (χ4n) is 2.65. The summed E-state index contributed by atoms with van der Waals surface area (Å²) >= 11 is 5.93. The van der Waals surface area contributed by atoms with Crippen molar-refractivity contribution in [2.24, 2.45) is 5.73 Å². The molecule has 3 N–H and O–H groups in total. The molecule has 1 aromatic carbocycles. The van der Waals surface area contributed by atoms with Gasteiger partial charge in [-0.25, -0.2) is 0 Å². The molecule has 1 heterocycles. The molecule has 0 aliphatic carbocycles. The Kier molecular flexibility index (Phi) is 5.19. The number of nitrogens with two attached hydrogens (primary N) is 1. The molecule has 0 saturated carbocycles. The van der Waals surface area contributed by atoms with Crippen LogP contribution in [-0.2, 0) is 4.74 Å². The minimum absolute atomic E-state index is 0.000396. The maximum atomic E-state index is 9.50. The summed E-state index contributed by atoms with van der Waals surface area (Å²) in [5, 5.41) is 10.2. The predicted octanol–water partition coefficient (Wildman–Crippen LogP) is 1.42. The van der Waals surface area contributed by atoms with E-state index in [1.54, 1.807) is 0 Å². The molecule has 1 fully saturated rings. The maximum Gasteiger partial charge on any atom is 0.0645 e. The van der Waals surface area contributed by atoms with E-state index in [0.29, 0.717) is 18.2 Å². The molecule has 4 nitrogen and oxygen atoms in total. The highest BCUT2D eigenvalue weighted by Gasteiger charge is 2.32. The number of hydrogen-bond acceptors (Lipinski definition) is 4. The van der Waals surface area contributed by atoms with Crippen molar-refractivity contribution in [3.63, 3.8) is 0 Å². The molecule has 0 bridgehead atoms. The van der Waals surface area contributed by atoms with Crippen LogP contribution in [0.2, 0.25) is 5.02 Å². The number of nitrogens with zero attached hydrogens (tertiary/aromatic N) is 1. The van der Waals surface area contributed by atoms with Gasteiger partial charge in [0.2, 0.25) is 0 Å². The lowest BCUT2D eigenvalue weighted by Crippen LogP contribution is -2.52. The van der Waals surface area contributed by atoms with Gasteiger partial charge in [-0.3, -0.25) is 4.90 Å². The van der Waals surface area contributed by atoms with E-state index in [0.717, 1.165) is 12.1 Å². The molecule has 19 heavy (non-hydrogen) atoms. The number of ether oxygens (including phenoxy) is 1. The van der Waals surface area contributed by atoms with Gasteiger partial charge in [0.25, 0.3) is 0 Å². The highest BCUT2D eigenvalue weighted by Crippen LogP contribution is 2.28. The van der Waals surface area contributed by atoms with Crippen molar-refractivity contribution in [2.45, 2.75) is 25.0 Å². The normalized spacial score (nSPS) is 24.1. The Morgan fingerprint density at radius 3 is 2.74 bits per heavy atom. The van der Waals surface area contributed by atoms with E-state index in [1.807, 2.05) is 31.2 Å². The molecule has 0 spiro atoms. The third-order valence-corrected chi connectivity index (χ3v) is 3.80. The molecule has 1 aliphatic rings. The fraction of sp³-hybridized carbons (Fsp3) is 0.571. The van der Waals surface area contributed by atoms with E-state index in [1.165, 1.54) is 0 Å². The summed E-state index contributed by atoms with van der Waals surface area (Å²) in [6.07, 6.45) is 0. The first kappa shape index (κ1) is 14.8. The summed E-state index contributed by atoms with van der Waals surface area (Å²) < 4.78 is 5.42. The van der Waals surface area contributed by atoms with Crippen molar-refractivity contribution in [1.29, 1.82) is 0 Å². The summed E-state index contributed by atoms with van der Waals surface area (Å²) in [7, 11) is 0. The molecule has 1 aliphatic heterocycles. The van der Waals surface area contributed by atoms with Crippen molar-refractivity contribution in [3.8, 4) is 0 Å². The zero-order valence-electron chi connectivity index (χ0n) is 11.1. The van der Waals surface area contributed by atoms with Crippen LogP contribution in [0.3, 0.4) is 0 Å². The van der Waals surface area contributed by atoms with Crippen molar-refractivity contribution in [3.05, 3.63) is 34.9 Å². The second-order valence-corrected chi connectivity index (χ2v) is 5.44. The Bertz CT molecular complexity index is 397. The average molecular weight is 285 g/mol. The number of hydrogen-bond donors (Lipinski definition) is 2. The van der Waals surface area contributed by atoms with E-state index < -0.39 is 0 Å². The van der Waals surface area contributed by atoms with Crippen molar-refractivity contribution in [1.82, 2.24) is 4.90 Å². The Hall–Kier alpha value is -0.650. The van der Waals surface area contributed by atoms with Gasteiger partial charge >= 0.3 is 0 Å². The Balaban J connectivity index is 2.25. The molecule has 1 aromatic rings. The number of aliphatic hydroxyl groups excluding tert-OH is 1. The lowest BCUT2D eigenvalue weighted by atomic mass is 9.97. The molecule has 0 aromatic heterocycles. The quantitative estimate of drug-likeness (QED) is 0.878. The molecule has 1 saturated heterocycles. The van der Waals surface area contributed by atoms with Gasteiger partial charge in [0.1, 0.15) is 0 Å². The number of morpholine rings is 1. The number of halogens is 1. The summed E-state index contributed by atoms with van der Waals surface area (Å²) in [5.74, 6) is 0. The lowest BCUT2D eigenvalue weighted by Gasteiger charge is -2.42. The van der Waals surface area contributed by atoms with Crippen LogP contribution in [0.5, 0.6) is 0 Å². The van der Waals surface area contributed by atoms with E-state index in [4.69, 9.17) is 22.1 Å². The van der Waals surface area contributed by atoms with E-state index in [9.17, 15) is 5.11 Å². The first-order valence-corrected chi connectivity index (χ1v) is 6.96. The topological polar surface area (TPSA) is 58.7 Å². The lowest BCUT2D eigenvalue weighted by molar-refractivity contribution is -0.0515. The van der Waals surface area contributed by atoms with Crippen LogP contribution < -0.4 is 5.73 Å². The highest BCUT2D eigenvalue weighted by molar-refractivity contribution is 6.30. The van der Waals surface area contributed by atoms with Crippen LogP contribution >= 0.6 is 11.6 Å². The van der Waals surface area contributed by atoms with Crippen molar-refractivity contribution < 1.29 is 9.84 Å². The van der Waals surface area contributed by atoms with E-state index in [2.05, 4.69) is 4.90 Å². The fourth-order valence-corrected chi connectivity index (χ4v) is 2.77. The monoisotopic (exact) mass is 284 g/mol. The molecule has 0 radical (unpaired) electrons. The molecule has 3 atom stereocenters. The maximum absolute atomic E-state index is 9.50. The first-order chi connectivity index (χ1) is 9.13. The molecular formula is C14H21ClN2O2. The second-order valence-electron chi connectivity index (χ2n) is 5.00. The third kappa shape index (κ3) is 3.46. The molecule has 106 valence electrons. The van der Waals surface area contributed by atoms with Crippen LogP contribution in [0.1, 0.15) is 18.5 Å². The molecule has 5 heteroatoms. The van der Waals surface area contributed by atoms with Gasteiger partial charge in [-0.15, -0.1) is 0 Å². The number of aliphatic hydroxyl groups is 1. The van der Waals surface area contributed by atoms with Gasteiger partial charge in [-0.1, -0.05) is 23.7 Å². The smallest absolute Gasteiger partial charge is 0.0645 e. The van der Waals surface area contributed by atoms with Gasteiger partial charge in [-0.05, 0) is 24.6 Å². The van der Waals surface area contributed by atoms with Crippen LogP contribution in [-0.4, -0.2) is 48.5 Å². The van der Waals surface area contributed by atoms with E-state index >= 15 is 0 Å². The zero-order chi connectivity index (χ0) is 13.8. The van der Waals surface area contributed by atoms with Gasteiger partial charge < -0.3 is 15.6 Å². The summed E-state index contributed by atoms with van der Waals surface area (Å²) in [6, 6.07) is 7.79. The largest absolute Gasteiger partial charge is 0.395 e. The Labute approximate surface area is 119 Å². The highest BCUT2D eigenvalue weighted by atomic mass is 35.5. The van der Waals surface area contributed by atoms with Gasteiger partial charge in [0.05, 0.1) is 31.9 Å². The molecule has 2 rings (SSSR count). The minimum atomic E-state index is -0.0340. The van der Waals surface area contributed by atoms with Gasteiger partial charge in [-0.2, -0.15) is 0 Å². The van der Waals surface area contributed by atoms with Gasteiger partial charge in [0, 0.05) is 17.6 Å². The average Bonchev–Trinajstić information content (AvgIpc) is 2.41. The zero-order valence-corrected chi connectivity index (χ0v) is 11.9. The standard InChI is InChI=1S/C14H21ClN2O2/c1-10(16)14(11-2-4-12(15)5-3-11)17-6-7-19-9-13(17)8-18/h2-5,10,13-14,18H,6-9,16H2,1H3. The van der Waals surface area contributed by atoms with Crippen molar-refractivity contribution in [2.75, 3.05) is 26.4 Å². The van der Waals surface area contributed by atoms with Crippen LogP contribution in [0.4, 0.5) is 0 Å². The minimum Gasteiger partial charge on any atom is -0.395 e. The summed E-state index contributed by atoms with van der Waals surface area (Å²) in [5.41, 5.74) is 7.28. The SMILES string of the molecule is CC(N)C(c1ccc(Cl)cc1)N1CCOCC1CO. The second kappa shape index (κ2) is 6.68. The van der Waals surface area contributed by atoms with E-state index in [-0.39, 0.29) is 24.7 Å². The van der Waals surface area contributed by atoms with Crippen LogP contribution in [0.25, 0.3) is 0 Å². The Morgan fingerprint density at radius 2 is 2.16 bits per heavy atom. The number of benzene rings is 1. The summed E-state index contributed by atoms with van der Waals surface area (Å²) in [6.45, 7) is 4.07. The predicted molar refractivity (Wildman–Crippen MR) is 76.2 cm³/mol. The molecule has 0 amide bonds. The molecular weight excluding hydrogens is 264 g/mol.